The first-order chi connectivity index (χ1) is 8.05. The van der Waals surface area contributed by atoms with Gasteiger partial charge in [0.1, 0.15) is 5.60 Å². The van der Waals surface area contributed by atoms with Crippen LogP contribution in [-0.2, 0) is 14.4 Å². The first-order valence-corrected chi connectivity index (χ1v) is 4.67. The molecule has 0 aromatic heterocycles. The molecule has 1 atom stereocenters. The molecule has 0 bridgehead atoms. The van der Waals surface area contributed by atoms with Gasteiger partial charge < -0.3 is 45.0 Å². The van der Waals surface area contributed by atoms with Crippen molar-refractivity contribution in [2.45, 2.75) is 31.5 Å². The molecule has 0 aliphatic carbocycles. The molecule has 12 heteroatoms. The summed E-state index contributed by atoms with van der Waals surface area (Å²) in [5.41, 5.74) is -2.97. The van der Waals surface area contributed by atoms with E-state index in [1.165, 1.54) is 6.92 Å². The maximum absolute atomic E-state index is 10.1. The number of carbonyl (C=O) groups excluding carboxylic acids is 3. The number of rotatable bonds is 6. The summed E-state index contributed by atoms with van der Waals surface area (Å²) >= 11 is 0. The number of carboxylic acid groups (broad SMARTS) is 3. The van der Waals surface area contributed by atoms with E-state index in [-0.39, 0.29) is 95.3 Å². The molecule has 9 nitrogen and oxygen atoms in total. The van der Waals surface area contributed by atoms with E-state index in [0.29, 0.717) is 0 Å². The van der Waals surface area contributed by atoms with E-state index in [9.17, 15) is 29.7 Å². The summed E-state index contributed by atoms with van der Waals surface area (Å²) in [4.78, 5) is 30.0. The van der Waals surface area contributed by atoms with Crippen LogP contribution >= 0.6 is 0 Å². The predicted molar refractivity (Wildman–Crippen MR) is 48.0 cm³/mol. The Morgan fingerprint density at radius 2 is 1.24 bits per heavy atom. The zero-order valence-electron chi connectivity index (χ0n) is 12.5. The van der Waals surface area contributed by atoms with Gasteiger partial charge >= 0.3 is 88.7 Å². The van der Waals surface area contributed by atoms with Gasteiger partial charge in [0.25, 0.3) is 0 Å². The van der Waals surface area contributed by atoms with E-state index < -0.39 is 42.5 Å². The molecule has 0 radical (unpaired) electrons. The molecule has 0 amide bonds. The zero-order valence-corrected chi connectivity index (χ0v) is 18.5. The van der Waals surface area contributed by atoms with E-state index in [1.807, 2.05) is 0 Å². The second kappa shape index (κ2) is 17.6. The zero-order chi connectivity index (χ0) is 14.9. The Bertz CT molecular complexity index is 293. The summed E-state index contributed by atoms with van der Waals surface area (Å²) in [5, 5.41) is 54.9. The van der Waals surface area contributed by atoms with Gasteiger partial charge in [0, 0.05) is 24.8 Å². The maximum Gasteiger partial charge on any atom is 1.00 e. The van der Waals surface area contributed by atoms with Gasteiger partial charge in [-0.25, -0.2) is 0 Å². The van der Waals surface area contributed by atoms with Gasteiger partial charge in [0.15, 0.2) is 0 Å². The Labute approximate surface area is 187 Å². The summed E-state index contributed by atoms with van der Waals surface area (Å²) in [6.07, 6.45) is -3.28. The largest absolute Gasteiger partial charge is 1.00 e. The monoisotopic (exact) mass is 334 g/mol. The third-order valence-corrected chi connectivity index (χ3v) is 1.52. The Hall–Kier alpha value is 1.29. The van der Waals surface area contributed by atoms with Crippen molar-refractivity contribution in [3.05, 3.63) is 0 Å². The molecular formula is C9H13Na3O9. The second-order valence-corrected chi connectivity index (χ2v) is 3.45. The fourth-order valence-corrected chi connectivity index (χ4v) is 0.684. The Morgan fingerprint density at radius 1 is 1.00 bits per heavy atom. The van der Waals surface area contributed by atoms with Crippen molar-refractivity contribution in [3.8, 4) is 0 Å². The van der Waals surface area contributed by atoms with Crippen molar-refractivity contribution in [1.82, 2.24) is 0 Å². The average Bonchev–Trinajstić information content (AvgIpc) is 2.15. The van der Waals surface area contributed by atoms with Crippen LogP contribution in [0.4, 0.5) is 0 Å². The molecule has 3 N–H and O–H groups in total. The molecule has 0 aromatic rings. The fraction of sp³-hybridized carbons (Fsp3) is 0.667. The number of aliphatic hydroxyl groups is 3. The molecule has 0 aromatic carbocycles. The van der Waals surface area contributed by atoms with E-state index >= 15 is 0 Å². The minimum Gasteiger partial charge on any atom is -0.550 e. The van der Waals surface area contributed by atoms with Crippen LogP contribution < -0.4 is 104 Å². The average molecular weight is 334 g/mol. The number of carbonyl (C=O) groups is 3. The Kier molecular flexibility index (Phi) is 28.4. The third kappa shape index (κ3) is 21.3. The molecule has 0 fully saturated rings. The molecule has 106 valence electrons. The Morgan fingerprint density at radius 3 is 1.33 bits per heavy atom. The topological polar surface area (TPSA) is 181 Å². The maximum atomic E-state index is 10.1. The number of aliphatic hydroxyl groups excluding tert-OH is 2. The van der Waals surface area contributed by atoms with Crippen LogP contribution in [-0.4, -0.2) is 51.5 Å². The Balaban J connectivity index is -0.0000000933. The second-order valence-electron chi connectivity index (χ2n) is 3.45. The van der Waals surface area contributed by atoms with Gasteiger partial charge in [-0.1, -0.05) is 0 Å². The number of aliphatic carboxylic acids is 3. The van der Waals surface area contributed by atoms with Gasteiger partial charge in [-0.3, -0.25) is 0 Å². The van der Waals surface area contributed by atoms with Crippen molar-refractivity contribution >= 4 is 17.9 Å². The first-order valence-electron chi connectivity index (χ1n) is 4.67. The van der Waals surface area contributed by atoms with E-state index in [4.69, 9.17) is 15.3 Å². The van der Waals surface area contributed by atoms with Crippen molar-refractivity contribution in [2.24, 2.45) is 0 Å². The van der Waals surface area contributed by atoms with E-state index in [1.54, 1.807) is 0 Å². The number of carboxylic acids is 3. The predicted octanol–water partition coefficient (Wildman–Crippen LogP) is -14.9. The quantitative estimate of drug-likeness (QED) is 0.397. The molecule has 0 heterocycles. The van der Waals surface area contributed by atoms with Crippen molar-refractivity contribution in [1.29, 1.82) is 0 Å². The summed E-state index contributed by atoms with van der Waals surface area (Å²) in [6, 6.07) is 0. The van der Waals surface area contributed by atoms with Crippen LogP contribution in [0.1, 0.15) is 19.8 Å². The van der Waals surface area contributed by atoms with Crippen molar-refractivity contribution in [2.75, 3.05) is 6.61 Å². The summed E-state index contributed by atoms with van der Waals surface area (Å²) in [6.45, 7) is 1.39. The van der Waals surface area contributed by atoms with Crippen LogP contribution in [0.15, 0.2) is 0 Å². The molecule has 21 heavy (non-hydrogen) atoms. The van der Waals surface area contributed by atoms with E-state index in [0.717, 1.165) is 0 Å². The molecule has 0 aliphatic heterocycles. The summed E-state index contributed by atoms with van der Waals surface area (Å²) in [7, 11) is 0. The summed E-state index contributed by atoms with van der Waals surface area (Å²) < 4.78 is 0. The molecule has 0 aliphatic rings. The van der Waals surface area contributed by atoms with Crippen molar-refractivity contribution in [3.63, 3.8) is 0 Å². The van der Waals surface area contributed by atoms with Gasteiger partial charge in [-0.05, 0) is 6.92 Å². The number of hydrogen-bond acceptors (Lipinski definition) is 9. The standard InChI is InChI=1S/C6H8O7.C3H8O2.3Na/c7-3(8)1-6(13,5(11)12)2-4(9)10;1-3(5)2-4;;;/h13H,1-2H2,(H,7,8)(H,9,10)(H,11,12);3-5H,2H2,1H3;;;/q;;3*+1/p-3. The molecule has 1 unspecified atom stereocenters. The molecular weight excluding hydrogens is 321 g/mol. The normalized spacial score (nSPS) is 10.3. The van der Waals surface area contributed by atoms with Crippen LogP contribution in [0.3, 0.4) is 0 Å². The van der Waals surface area contributed by atoms with Crippen LogP contribution in [0, 0.1) is 0 Å². The van der Waals surface area contributed by atoms with Gasteiger partial charge in [-0.2, -0.15) is 0 Å². The van der Waals surface area contributed by atoms with Gasteiger partial charge in [-0.15, -0.1) is 0 Å². The minimum absolute atomic E-state index is 0. The van der Waals surface area contributed by atoms with Crippen LogP contribution in [0.25, 0.3) is 0 Å². The van der Waals surface area contributed by atoms with Crippen molar-refractivity contribution < 1.29 is 134 Å². The minimum atomic E-state index is -2.97. The fourth-order valence-electron chi connectivity index (χ4n) is 0.684. The number of hydrogen-bond donors (Lipinski definition) is 3. The third-order valence-electron chi connectivity index (χ3n) is 1.52. The SMILES string of the molecule is CC(O)CO.O=C([O-])CC(O)(CC(=O)[O-])C(=O)[O-].[Na+].[Na+].[Na+]. The molecule has 0 rings (SSSR count). The van der Waals surface area contributed by atoms with Crippen LogP contribution in [0.2, 0.25) is 0 Å². The van der Waals surface area contributed by atoms with Crippen LogP contribution in [0.5, 0.6) is 0 Å². The molecule has 0 spiro atoms. The molecule has 0 saturated carbocycles. The van der Waals surface area contributed by atoms with Gasteiger partial charge in [0.05, 0.1) is 18.7 Å². The van der Waals surface area contributed by atoms with Gasteiger partial charge in [0.2, 0.25) is 0 Å². The summed E-state index contributed by atoms with van der Waals surface area (Å²) in [5.74, 6) is -5.98. The smallest absolute Gasteiger partial charge is 0.550 e. The first kappa shape index (κ1) is 33.8. The van der Waals surface area contributed by atoms with E-state index in [2.05, 4.69) is 0 Å². The molecule has 0 saturated heterocycles.